The standard InChI is InChI=1S/C12H15NO2/c1-13(9-14)6-4-10-2-3-11-5-7-15-12(11)8-10/h2-3,8-9H,4-7H2,1H3. The van der Waals surface area contributed by atoms with Crippen molar-refractivity contribution in [2.45, 2.75) is 12.8 Å². The summed E-state index contributed by atoms with van der Waals surface area (Å²) < 4.78 is 5.49. The van der Waals surface area contributed by atoms with Gasteiger partial charge in [-0.2, -0.15) is 0 Å². The lowest BCUT2D eigenvalue weighted by Crippen LogP contribution is -2.18. The molecule has 0 radical (unpaired) electrons. The molecule has 1 aromatic rings. The van der Waals surface area contributed by atoms with Gasteiger partial charge in [0.05, 0.1) is 6.61 Å². The number of hydrogen-bond donors (Lipinski definition) is 0. The van der Waals surface area contributed by atoms with E-state index >= 15 is 0 Å². The summed E-state index contributed by atoms with van der Waals surface area (Å²) in [7, 11) is 1.79. The zero-order chi connectivity index (χ0) is 10.7. The van der Waals surface area contributed by atoms with Crippen LogP contribution in [-0.4, -0.2) is 31.5 Å². The first-order valence-corrected chi connectivity index (χ1v) is 5.20. The van der Waals surface area contributed by atoms with Gasteiger partial charge in [0.15, 0.2) is 0 Å². The molecule has 0 aliphatic carbocycles. The number of ether oxygens (including phenoxy) is 1. The van der Waals surface area contributed by atoms with Crippen molar-refractivity contribution < 1.29 is 9.53 Å². The summed E-state index contributed by atoms with van der Waals surface area (Å²) in [5.41, 5.74) is 2.52. The molecule has 0 spiro atoms. The zero-order valence-electron chi connectivity index (χ0n) is 8.90. The van der Waals surface area contributed by atoms with Gasteiger partial charge in [0.2, 0.25) is 6.41 Å². The molecule has 2 rings (SSSR count). The monoisotopic (exact) mass is 205 g/mol. The molecular formula is C12H15NO2. The Labute approximate surface area is 89.7 Å². The number of rotatable bonds is 4. The minimum atomic E-state index is 0.752. The minimum absolute atomic E-state index is 0.752. The van der Waals surface area contributed by atoms with Crippen molar-refractivity contribution >= 4 is 6.41 Å². The third-order valence-electron chi connectivity index (χ3n) is 2.69. The molecule has 0 atom stereocenters. The van der Waals surface area contributed by atoms with E-state index in [1.165, 1.54) is 11.1 Å². The van der Waals surface area contributed by atoms with Crippen molar-refractivity contribution in [1.82, 2.24) is 4.90 Å². The quantitative estimate of drug-likeness (QED) is 0.692. The fraction of sp³-hybridized carbons (Fsp3) is 0.417. The smallest absolute Gasteiger partial charge is 0.209 e. The summed E-state index contributed by atoms with van der Waals surface area (Å²) >= 11 is 0. The number of carbonyl (C=O) groups is 1. The molecule has 0 N–H and O–H groups in total. The fourth-order valence-corrected chi connectivity index (χ4v) is 1.72. The first-order valence-electron chi connectivity index (χ1n) is 5.20. The van der Waals surface area contributed by atoms with Gasteiger partial charge < -0.3 is 9.64 Å². The number of amides is 1. The van der Waals surface area contributed by atoms with E-state index in [2.05, 4.69) is 18.2 Å². The molecule has 3 heteroatoms. The van der Waals surface area contributed by atoms with Crippen LogP contribution in [0.2, 0.25) is 0 Å². The number of benzene rings is 1. The van der Waals surface area contributed by atoms with Crippen molar-refractivity contribution in [2.75, 3.05) is 20.2 Å². The molecule has 0 aromatic heterocycles. The normalized spacial score (nSPS) is 13.1. The fourth-order valence-electron chi connectivity index (χ4n) is 1.72. The van der Waals surface area contributed by atoms with Gasteiger partial charge in [-0.25, -0.2) is 0 Å². The molecule has 0 fully saturated rings. The maximum absolute atomic E-state index is 10.4. The highest BCUT2D eigenvalue weighted by atomic mass is 16.5. The van der Waals surface area contributed by atoms with Crippen LogP contribution in [0.5, 0.6) is 5.75 Å². The summed E-state index contributed by atoms with van der Waals surface area (Å²) in [6, 6.07) is 6.33. The second kappa shape index (κ2) is 4.34. The van der Waals surface area contributed by atoms with E-state index in [0.717, 1.165) is 38.2 Å². The van der Waals surface area contributed by atoms with E-state index in [1.54, 1.807) is 11.9 Å². The maximum Gasteiger partial charge on any atom is 0.209 e. The van der Waals surface area contributed by atoms with Crippen LogP contribution in [0.1, 0.15) is 11.1 Å². The zero-order valence-corrected chi connectivity index (χ0v) is 8.90. The van der Waals surface area contributed by atoms with E-state index in [-0.39, 0.29) is 0 Å². The minimum Gasteiger partial charge on any atom is -0.493 e. The average Bonchev–Trinajstić information content (AvgIpc) is 2.72. The van der Waals surface area contributed by atoms with Crippen LogP contribution in [0.25, 0.3) is 0 Å². The first kappa shape index (κ1) is 10.0. The van der Waals surface area contributed by atoms with Crippen LogP contribution >= 0.6 is 0 Å². The number of fused-ring (bicyclic) bond motifs is 1. The van der Waals surface area contributed by atoms with Gasteiger partial charge in [-0.15, -0.1) is 0 Å². The molecule has 0 saturated heterocycles. The number of likely N-dealkylation sites (N-methyl/N-ethyl adjacent to an activating group) is 1. The summed E-state index contributed by atoms with van der Waals surface area (Å²) in [5.74, 6) is 1.02. The molecule has 1 heterocycles. The summed E-state index contributed by atoms with van der Waals surface area (Å²) in [6.45, 7) is 1.55. The SMILES string of the molecule is CN(C=O)CCc1ccc2c(c1)OCC2. The van der Waals surface area contributed by atoms with Crippen LogP contribution in [-0.2, 0) is 17.6 Å². The topological polar surface area (TPSA) is 29.5 Å². The van der Waals surface area contributed by atoms with Crippen molar-refractivity contribution in [3.05, 3.63) is 29.3 Å². The largest absolute Gasteiger partial charge is 0.493 e. The Hall–Kier alpha value is -1.51. The van der Waals surface area contributed by atoms with Crippen LogP contribution in [0.3, 0.4) is 0 Å². The van der Waals surface area contributed by atoms with Gasteiger partial charge in [-0.3, -0.25) is 4.79 Å². The lowest BCUT2D eigenvalue weighted by Gasteiger charge is -2.10. The van der Waals surface area contributed by atoms with E-state index in [0.29, 0.717) is 0 Å². The van der Waals surface area contributed by atoms with Crippen molar-refractivity contribution in [2.24, 2.45) is 0 Å². The van der Waals surface area contributed by atoms with E-state index in [1.807, 2.05) is 0 Å². The Bertz CT molecular complexity index is 363. The van der Waals surface area contributed by atoms with Gasteiger partial charge in [-0.1, -0.05) is 12.1 Å². The molecule has 0 bridgehead atoms. The Morgan fingerprint density at radius 3 is 3.20 bits per heavy atom. The van der Waals surface area contributed by atoms with Gasteiger partial charge in [-0.05, 0) is 23.6 Å². The predicted molar refractivity (Wildman–Crippen MR) is 58.0 cm³/mol. The third-order valence-corrected chi connectivity index (χ3v) is 2.69. The van der Waals surface area contributed by atoms with Gasteiger partial charge in [0, 0.05) is 20.0 Å². The predicted octanol–water partition coefficient (Wildman–Crippen LogP) is 1.25. The van der Waals surface area contributed by atoms with Crippen molar-refractivity contribution in [1.29, 1.82) is 0 Å². The Morgan fingerprint density at radius 1 is 1.53 bits per heavy atom. The van der Waals surface area contributed by atoms with Gasteiger partial charge >= 0.3 is 0 Å². The van der Waals surface area contributed by atoms with Crippen LogP contribution in [0, 0.1) is 0 Å². The van der Waals surface area contributed by atoms with Crippen molar-refractivity contribution in [3.8, 4) is 5.75 Å². The Balaban J connectivity index is 2.00. The molecule has 0 saturated carbocycles. The molecule has 1 aliphatic heterocycles. The summed E-state index contributed by atoms with van der Waals surface area (Å²) in [5, 5.41) is 0. The summed E-state index contributed by atoms with van der Waals surface area (Å²) in [4.78, 5) is 12.1. The second-order valence-electron chi connectivity index (χ2n) is 3.88. The van der Waals surface area contributed by atoms with E-state index in [4.69, 9.17) is 4.74 Å². The maximum atomic E-state index is 10.4. The average molecular weight is 205 g/mol. The Kier molecular flexibility index (Phi) is 2.90. The molecule has 0 unspecified atom stereocenters. The van der Waals surface area contributed by atoms with Crippen molar-refractivity contribution in [3.63, 3.8) is 0 Å². The highest BCUT2D eigenvalue weighted by Gasteiger charge is 2.11. The Morgan fingerprint density at radius 2 is 2.40 bits per heavy atom. The second-order valence-corrected chi connectivity index (χ2v) is 3.88. The van der Waals surface area contributed by atoms with Gasteiger partial charge in [0.25, 0.3) is 0 Å². The molecule has 1 aromatic carbocycles. The highest BCUT2D eigenvalue weighted by Crippen LogP contribution is 2.26. The van der Waals surface area contributed by atoms with Crippen LogP contribution in [0.15, 0.2) is 18.2 Å². The molecule has 1 aliphatic rings. The van der Waals surface area contributed by atoms with E-state index < -0.39 is 0 Å². The van der Waals surface area contributed by atoms with Crippen LogP contribution in [0.4, 0.5) is 0 Å². The first-order chi connectivity index (χ1) is 7.29. The van der Waals surface area contributed by atoms with E-state index in [9.17, 15) is 4.79 Å². The lowest BCUT2D eigenvalue weighted by atomic mass is 10.1. The molecule has 3 nitrogen and oxygen atoms in total. The van der Waals surface area contributed by atoms with Crippen LogP contribution < -0.4 is 4.74 Å². The molecule has 15 heavy (non-hydrogen) atoms. The molecule has 1 amide bonds. The molecular weight excluding hydrogens is 190 g/mol. The molecule has 80 valence electrons. The van der Waals surface area contributed by atoms with Gasteiger partial charge in [0.1, 0.15) is 5.75 Å². The lowest BCUT2D eigenvalue weighted by molar-refractivity contribution is -0.116. The third kappa shape index (κ3) is 2.29. The number of carbonyl (C=O) groups excluding carboxylic acids is 1. The number of hydrogen-bond acceptors (Lipinski definition) is 2. The number of nitrogens with zero attached hydrogens (tertiary/aromatic N) is 1. The summed E-state index contributed by atoms with van der Waals surface area (Å²) in [6.07, 6.45) is 2.75. The highest BCUT2D eigenvalue weighted by molar-refractivity contribution is 5.46.